The van der Waals surface area contributed by atoms with Crippen LogP contribution in [-0.4, -0.2) is 24.9 Å². The molecule has 124 valence electrons. The van der Waals surface area contributed by atoms with Crippen LogP contribution in [0.3, 0.4) is 0 Å². The molecule has 0 aromatic heterocycles. The molecule has 0 heterocycles. The van der Waals surface area contributed by atoms with Crippen molar-refractivity contribution in [2.24, 2.45) is 0 Å². The molecule has 6 nitrogen and oxygen atoms in total. The topological polar surface area (TPSA) is 84.5 Å². The lowest BCUT2D eigenvalue weighted by molar-refractivity contribution is -0.123. The lowest BCUT2D eigenvalue weighted by Crippen LogP contribution is -2.21. The summed E-state index contributed by atoms with van der Waals surface area (Å²) in [5, 5.41) is 5.21. The second kappa shape index (κ2) is 8.26. The minimum Gasteiger partial charge on any atom is -0.465 e. The summed E-state index contributed by atoms with van der Waals surface area (Å²) in [6.07, 6.45) is -0.338. The Kier molecular flexibility index (Phi) is 6.08. The molecular formula is C17H15BrN2O4. The summed E-state index contributed by atoms with van der Waals surface area (Å²) in [6.45, 7) is 0. The fraction of sp³-hybridized carbons (Fsp3) is 0.118. The van der Waals surface area contributed by atoms with Crippen LogP contribution < -0.4 is 10.6 Å². The summed E-state index contributed by atoms with van der Waals surface area (Å²) in [6, 6.07) is 13.3. The Bertz CT molecular complexity index is 777. The van der Waals surface area contributed by atoms with Crippen molar-refractivity contribution in [3.8, 4) is 0 Å². The highest BCUT2D eigenvalue weighted by Crippen LogP contribution is 2.16. The number of nitrogens with one attached hydrogen (secondary N) is 2. The zero-order chi connectivity index (χ0) is 17.5. The van der Waals surface area contributed by atoms with Crippen LogP contribution in [-0.2, 0) is 14.3 Å². The van der Waals surface area contributed by atoms with E-state index in [2.05, 4.69) is 31.3 Å². The molecule has 0 saturated heterocycles. The minimum atomic E-state index is -0.501. The first-order valence-electron chi connectivity index (χ1n) is 7.01. The third-order valence-corrected chi connectivity index (χ3v) is 3.49. The molecule has 2 N–H and O–H groups in total. The summed E-state index contributed by atoms with van der Waals surface area (Å²) in [7, 11) is 1.28. The van der Waals surface area contributed by atoms with Gasteiger partial charge in [-0.3, -0.25) is 9.59 Å². The molecule has 0 aliphatic carbocycles. The van der Waals surface area contributed by atoms with Gasteiger partial charge in [-0.2, -0.15) is 0 Å². The van der Waals surface area contributed by atoms with Gasteiger partial charge < -0.3 is 15.4 Å². The van der Waals surface area contributed by atoms with Crippen molar-refractivity contribution < 1.29 is 19.1 Å². The van der Waals surface area contributed by atoms with Crippen LogP contribution in [0, 0.1) is 0 Å². The van der Waals surface area contributed by atoms with Crippen LogP contribution in [0.5, 0.6) is 0 Å². The molecule has 0 saturated carbocycles. The molecule has 24 heavy (non-hydrogen) atoms. The number of rotatable bonds is 5. The van der Waals surface area contributed by atoms with Crippen molar-refractivity contribution in [1.29, 1.82) is 0 Å². The number of benzene rings is 2. The number of anilines is 2. The first-order valence-corrected chi connectivity index (χ1v) is 7.81. The van der Waals surface area contributed by atoms with Crippen molar-refractivity contribution in [2.75, 3.05) is 17.7 Å². The number of hydrogen-bond acceptors (Lipinski definition) is 4. The number of halogens is 1. The molecule has 0 unspecified atom stereocenters. The maximum absolute atomic E-state index is 11.9. The molecule has 0 atom stereocenters. The van der Waals surface area contributed by atoms with Crippen molar-refractivity contribution in [2.45, 2.75) is 6.42 Å². The summed E-state index contributed by atoms with van der Waals surface area (Å²) in [4.78, 5) is 35.3. The average molecular weight is 391 g/mol. The number of carbonyl (C=O) groups is 3. The Labute approximate surface area is 147 Å². The fourth-order valence-electron chi connectivity index (χ4n) is 1.96. The Morgan fingerprint density at radius 3 is 2.12 bits per heavy atom. The first-order chi connectivity index (χ1) is 11.5. The van der Waals surface area contributed by atoms with Gasteiger partial charge in [0.25, 0.3) is 0 Å². The van der Waals surface area contributed by atoms with Crippen molar-refractivity contribution in [3.05, 3.63) is 58.6 Å². The Morgan fingerprint density at radius 2 is 1.54 bits per heavy atom. The van der Waals surface area contributed by atoms with E-state index in [-0.39, 0.29) is 6.42 Å². The zero-order valence-electron chi connectivity index (χ0n) is 12.8. The van der Waals surface area contributed by atoms with E-state index in [1.54, 1.807) is 36.4 Å². The lowest BCUT2D eigenvalue weighted by atomic mass is 10.2. The Balaban J connectivity index is 1.93. The van der Waals surface area contributed by atoms with Gasteiger partial charge in [0.2, 0.25) is 11.8 Å². The van der Waals surface area contributed by atoms with Gasteiger partial charge in [-0.05, 0) is 36.4 Å². The minimum absolute atomic E-state index is 0.314. The zero-order valence-corrected chi connectivity index (χ0v) is 14.4. The van der Waals surface area contributed by atoms with E-state index in [1.807, 2.05) is 6.07 Å². The van der Waals surface area contributed by atoms with Crippen LogP contribution in [0.2, 0.25) is 0 Å². The maximum atomic E-state index is 11.9. The summed E-state index contributed by atoms with van der Waals surface area (Å²) in [5.74, 6) is -1.42. The van der Waals surface area contributed by atoms with E-state index in [1.165, 1.54) is 13.2 Å². The SMILES string of the molecule is COC(=O)c1cccc(NC(=O)CC(=O)Nc2cccc(Br)c2)c1. The van der Waals surface area contributed by atoms with E-state index in [4.69, 9.17) is 0 Å². The monoisotopic (exact) mass is 390 g/mol. The molecule has 0 bridgehead atoms. The predicted octanol–water partition coefficient (Wildman–Crippen LogP) is 3.20. The second-order valence-corrected chi connectivity index (χ2v) is 5.77. The molecular weight excluding hydrogens is 376 g/mol. The Hall–Kier alpha value is -2.67. The van der Waals surface area contributed by atoms with Gasteiger partial charge in [-0.1, -0.05) is 28.1 Å². The van der Waals surface area contributed by atoms with Crippen molar-refractivity contribution in [3.63, 3.8) is 0 Å². The molecule has 0 radical (unpaired) electrons. The average Bonchev–Trinajstić information content (AvgIpc) is 2.54. The molecule has 2 rings (SSSR count). The van der Waals surface area contributed by atoms with Gasteiger partial charge in [0.1, 0.15) is 6.42 Å². The van der Waals surface area contributed by atoms with Crippen LogP contribution in [0.15, 0.2) is 53.0 Å². The molecule has 0 fully saturated rings. The quantitative estimate of drug-likeness (QED) is 0.606. The number of amides is 2. The summed E-state index contributed by atoms with van der Waals surface area (Å²) >= 11 is 3.30. The third-order valence-electron chi connectivity index (χ3n) is 3.00. The van der Waals surface area contributed by atoms with Gasteiger partial charge in [0.05, 0.1) is 12.7 Å². The van der Waals surface area contributed by atoms with E-state index >= 15 is 0 Å². The molecule has 0 aliphatic rings. The van der Waals surface area contributed by atoms with Gasteiger partial charge in [0.15, 0.2) is 0 Å². The maximum Gasteiger partial charge on any atom is 0.337 e. The van der Waals surface area contributed by atoms with Gasteiger partial charge in [-0.25, -0.2) is 4.79 Å². The van der Waals surface area contributed by atoms with E-state index in [9.17, 15) is 14.4 Å². The highest BCUT2D eigenvalue weighted by atomic mass is 79.9. The van der Waals surface area contributed by atoms with Gasteiger partial charge in [0, 0.05) is 15.8 Å². The summed E-state index contributed by atoms with van der Waals surface area (Å²) < 4.78 is 5.44. The van der Waals surface area contributed by atoms with Crippen molar-refractivity contribution in [1.82, 2.24) is 0 Å². The number of hydrogen-bond donors (Lipinski definition) is 2. The van der Waals surface area contributed by atoms with Crippen LogP contribution >= 0.6 is 15.9 Å². The molecule has 7 heteroatoms. The highest BCUT2D eigenvalue weighted by Gasteiger charge is 2.12. The number of carbonyl (C=O) groups excluding carboxylic acids is 3. The predicted molar refractivity (Wildman–Crippen MR) is 93.8 cm³/mol. The standard InChI is InChI=1S/C17H15BrN2O4/c1-24-17(23)11-4-2-6-13(8-11)19-15(21)10-16(22)20-14-7-3-5-12(18)9-14/h2-9H,10H2,1H3,(H,19,21)(H,20,22). The highest BCUT2D eigenvalue weighted by molar-refractivity contribution is 9.10. The normalized spacial score (nSPS) is 9.92. The molecule has 2 aromatic carbocycles. The largest absolute Gasteiger partial charge is 0.465 e. The smallest absolute Gasteiger partial charge is 0.337 e. The summed E-state index contributed by atoms with van der Waals surface area (Å²) in [5.41, 5.74) is 1.32. The Morgan fingerprint density at radius 1 is 0.958 bits per heavy atom. The van der Waals surface area contributed by atoms with Crippen molar-refractivity contribution >= 4 is 45.1 Å². The van der Waals surface area contributed by atoms with Crippen LogP contribution in [0.1, 0.15) is 16.8 Å². The first kappa shape index (κ1) is 17.7. The lowest BCUT2D eigenvalue weighted by Gasteiger charge is -2.08. The van der Waals surface area contributed by atoms with Crippen LogP contribution in [0.4, 0.5) is 11.4 Å². The number of ether oxygens (including phenoxy) is 1. The fourth-order valence-corrected chi connectivity index (χ4v) is 2.36. The van der Waals surface area contributed by atoms with E-state index in [0.717, 1.165) is 4.47 Å². The van der Waals surface area contributed by atoms with E-state index < -0.39 is 17.8 Å². The number of esters is 1. The van der Waals surface area contributed by atoms with E-state index in [0.29, 0.717) is 16.9 Å². The molecule has 2 amide bonds. The molecule has 2 aromatic rings. The third kappa shape index (κ3) is 5.20. The van der Waals surface area contributed by atoms with Gasteiger partial charge >= 0.3 is 5.97 Å². The molecule has 0 spiro atoms. The number of methoxy groups -OCH3 is 1. The molecule has 0 aliphatic heterocycles. The van der Waals surface area contributed by atoms with Gasteiger partial charge in [-0.15, -0.1) is 0 Å². The van der Waals surface area contributed by atoms with Crippen LogP contribution in [0.25, 0.3) is 0 Å². The second-order valence-electron chi connectivity index (χ2n) is 4.86.